The van der Waals surface area contributed by atoms with E-state index in [9.17, 15) is 9.90 Å². The molecule has 0 saturated carbocycles. The molecule has 4 nitrogen and oxygen atoms in total. The summed E-state index contributed by atoms with van der Waals surface area (Å²) in [5.41, 5.74) is -0.660. The molecule has 0 aromatic rings. The molecule has 1 aliphatic heterocycles. The Bertz CT molecular complexity index is 261. The summed E-state index contributed by atoms with van der Waals surface area (Å²) in [6.07, 6.45) is 4.76. The number of aliphatic carboxylic acids is 1. The standard InChI is InChI=1S/C14H28N2O2/c1-4-5-9-16(10-12-7-6-8-15-12)11-14(2,3)13(17)18/h12,15H,4-11H2,1-3H3,(H,17,18). The Kier molecular flexibility index (Phi) is 6.09. The first-order valence-corrected chi connectivity index (χ1v) is 7.15. The van der Waals surface area contributed by atoms with Gasteiger partial charge in [0.15, 0.2) is 0 Å². The molecule has 1 fully saturated rings. The quantitative estimate of drug-likeness (QED) is 0.697. The Labute approximate surface area is 111 Å². The first-order valence-electron chi connectivity index (χ1n) is 7.15. The van der Waals surface area contributed by atoms with Crippen molar-refractivity contribution >= 4 is 5.97 Å². The smallest absolute Gasteiger partial charge is 0.310 e. The van der Waals surface area contributed by atoms with E-state index in [1.165, 1.54) is 12.8 Å². The van der Waals surface area contributed by atoms with E-state index >= 15 is 0 Å². The summed E-state index contributed by atoms with van der Waals surface area (Å²) in [6, 6.07) is 0.548. The lowest BCUT2D eigenvalue weighted by Gasteiger charge is -2.31. The molecule has 0 aromatic carbocycles. The lowest BCUT2D eigenvalue weighted by Crippen LogP contribution is -2.44. The summed E-state index contributed by atoms with van der Waals surface area (Å²) >= 11 is 0. The van der Waals surface area contributed by atoms with Gasteiger partial charge >= 0.3 is 5.97 Å². The molecule has 0 spiro atoms. The fraction of sp³-hybridized carbons (Fsp3) is 0.929. The van der Waals surface area contributed by atoms with Gasteiger partial charge in [-0.3, -0.25) is 4.79 Å². The predicted molar refractivity (Wildman–Crippen MR) is 73.8 cm³/mol. The summed E-state index contributed by atoms with van der Waals surface area (Å²) in [7, 11) is 0. The van der Waals surface area contributed by atoms with Gasteiger partial charge in [-0.2, -0.15) is 0 Å². The van der Waals surface area contributed by atoms with Crippen molar-refractivity contribution in [1.82, 2.24) is 10.2 Å². The second-order valence-corrected chi connectivity index (χ2v) is 6.07. The summed E-state index contributed by atoms with van der Waals surface area (Å²) in [5.74, 6) is -0.705. The Morgan fingerprint density at radius 3 is 2.72 bits per heavy atom. The normalized spacial score (nSPS) is 20.6. The molecule has 1 heterocycles. The largest absolute Gasteiger partial charge is 0.481 e. The second-order valence-electron chi connectivity index (χ2n) is 6.07. The summed E-state index contributed by atoms with van der Waals surface area (Å²) < 4.78 is 0. The molecule has 0 aliphatic carbocycles. The van der Waals surface area contributed by atoms with Crippen molar-refractivity contribution in [3.05, 3.63) is 0 Å². The summed E-state index contributed by atoms with van der Waals surface area (Å²) in [4.78, 5) is 13.5. The van der Waals surface area contributed by atoms with E-state index in [1.807, 2.05) is 13.8 Å². The van der Waals surface area contributed by atoms with Crippen molar-refractivity contribution in [3.8, 4) is 0 Å². The summed E-state index contributed by atoms with van der Waals surface area (Å²) in [6.45, 7) is 9.54. The van der Waals surface area contributed by atoms with Crippen LogP contribution in [0.15, 0.2) is 0 Å². The minimum absolute atomic E-state index is 0.548. The predicted octanol–water partition coefficient (Wildman–Crippen LogP) is 1.95. The van der Waals surface area contributed by atoms with Crippen LogP contribution in [0.5, 0.6) is 0 Å². The van der Waals surface area contributed by atoms with Crippen LogP contribution in [0.4, 0.5) is 0 Å². The second kappa shape index (κ2) is 7.10. The fourth-order valence-corrected chi connectivity index (χ4v) is 2.47. The van der Waals surface area contributed by atoms with E-state index in [1.54, 1.807) is 0 Å². The average molecular weight is 256 g/mol. The molecule has 1 saturated heterocycles. The molecule has 1 rings (SSSR count). The zero-order valence-corrected chi connectivity index (χ0v) is 12.0. The van der Waals surface area contributed by atoms with Gasteiger partial charge in [-0.1, -0.05) is 13.3 Å². The van der Waals surface area contributed by atoms with Crippen molar-refractivity contribution in [2.24, 2.45) is 5.41 Å². The van der Waals surface area contributed by atoms with Gasteiger partial charge in [0.1, 0.15) is 0 Å². The van der Waals surface area contributed by atoms with Crippen LogP contribution in [-0.2, 0) is 4.79 Å². The first-order chi connectivity index (χ1) is 8.45. The SMILES string of the molecule is CCCCN(CC1CCCN1)CC(C)(C)C(=O)O. The van der Waals surface area contributed by atoms with Crippen LogP contribution in [-0.4, -0.2) is 48.2 Å². The number of hydrogen-bond donors (Lipinski definition) is 2. The van der Waals surface area contributed by atoms with Gasteiger partial charge in [0.2, 0.25) is 0 Å². The van der Waals surface area contributed by atoms with Crippen LogP contribution in [0.1, 0.15) is 46.5 Å². The van der Waals surface area contributed by atoms with Crippen molar-refractivity contribution in [2.45, 2.75) is 52.5 Å². The minimum Gasteiger partial charge on any atom is -0.481 e. The van der Waals surface area contributed by atoms with Crippen LogP contribution in [0.25, 0.3) is 0 Å². The molecule has 0 amide bonds. The van der Waals surface area contributed by atoms with Gasteiger partial charge in [-0.05, 0) is 46.2 Å². The van der Waals surface area contributed by atoms with Crippen molar-refractivity contribution in [2.75, 3.05) is 26.2 Å². The van der Waals surface area contributed by atoms with Crippen LogP contribution in [0.2, 0.25) is 0 Å². The highest BCUT2D eigenvalue weighted by Crippen LogP contribution is 2.19. The molecule has 2 N–H and O–H groups in total. The summed E-state index contributed by atoms with van der Waals surface area (Å²) in [5, 5.41) is 12.7. The van der Waals surface area contributed by atoms with Crippen LogP contribution < -0.4 is 5.32 Å². The lowest BCUT2D eigenvalue weighted by atomic mass is 9.92. The Morgan fingerprint density at radius 1 is 1.50 bits per heavy atom. The molecule has 106 valence electrons. The molecule has 1 aliphatic rings. The third kappa shape index (κ3) is 4.94. The third-order valence-electron chi connectivity index (χ3n) is 3.67. The molecule has 1 unspecified atom stereocenters. The lowest BCUT2D eigenvalue weighted by molar-refractivity contribution is -0.148. The number of nitrogens with zero attached hydrogens (tertiary/aromatic N) is 1. The topological polar surface area (TPSA) is 52.6 Å². The van der Waals surface area contributed by atoms with Crippen LogP contribution in [0, 0.1) is 5.41 Å². The van der Waals surface area contributed by atoms with Crippen LogP contribution >= 0.6 is 0 Å². The molecule has 0 radical (unpaired) electrons. The monoisotopic (exact) mass is 256 g/mol. The maximum absolute atomic E-state index is 11.2. The number of carbonyl (C=O) groups is 1. The minimum atomic E-state index is -0.705. The van der Waals surface area contributed by atoms with Crippen molar-refractivity contribution < 1.29 is 9.90 Å². The van der Waals surface area contributed by atoms with Gasteiger partial charge in [-0.25, -0.2) is 0 Å². The first kappa shape index (κ1) is 15.4. The fourth-order valence-electron chi connectivity index (χ4n) is 2.47. The van der Waals surface area contributed by atoms with Crippen LogP contribution in [0.3, 0.4) is 0 Å². The van der Waals surface area contributed by atoms with Gasteiger partial charge in [0.25, 0.3) is 0 Å². The number of rotatable bonds is 8. The Morgan fingerprint density at radius 2 is 2.22 bits per heavy atom. The Balaban J connectivity index is 2.50. The molecule has 4 heteroatoms. The Hall–Kier alpha value is -0.610. The van der Waals surface area contributed by atoms with E-state index < -0.39 is 11.4 Å². The molecular formula is C14H28N2O2. The van der Waals surface area contributed by atoms with E-state index in [0.717, 1.165) is 32.5 Å². The van der Waals surface area contributed by atoms with E-state index in [0.29, 0.717) is 12.6 Å². The van der Waals surface area contributed by atoms with E-state index in [2.05, 4.69) is 17.1 Å². The maximum atomic E-state index is 11.2. The van der Waals surface area contributed by atoms with Gasteiger partial charge in [-0.15, -0.1) is 0 Å². The zero-order valence-electron chi connectivity index (χ0n) is 12.0. The number of hydrogen-bond acceptors (Lipinski definition) is 3. The van der Waals surface area contributed by atoms with Crippen molar-refractivity contribution in [1.29, 1.82) is 0 Å². The number of unbranched alkanes of at least 4 members (excludes halogenated alkanes) is 1. The number of carboxylic acid groups (broad SMARTS) is 1. The third-order valence-corrected chi connectivity index (χ3v) is 3.67. The highest BCUT2D eigenvalue weighted by molar-refractivity contribution is 5.73. The van der Waals surface area contributed by atoms with Crippen molar-refractivity contribution in [3.63, 3.8) is 0 Å². The number of carboxylic acids is 1. The highest BCUT2D eigenvalue weighted by Gasteiger charge is 2.30. The molecule has 18 heavy (non-hydrogen) atoms. The van der Waals surface area contributed by atoms with Gasteiger partial charge < -0.3 is 15.3 Å². The molecule has 0 aromatic heterocycles. The molecule has 1 atom stereocenters. The van der Waals surface area contributed by atoms with E-state index in [4.69, 9.17) is 0 Å². The van der Waals surface area contributed by atoms with Gasteiger partial charge in [0, 0.05) is 19.1 Å². The highest BCUT2D eigenvalue weighted by atomic mass is 16.4. The maximum Gasteiger partial charge on any atom is 0.310 e. The van der Waals surface area contributed by atoms with Gasteiger partial charge in [0.05, 0.1) is 5.41 Å². The number of nitrogens with one attached hydrogen (secondary N) is 1. The zero-order chi connectivity index (χ0) is 13.6. The molecule has 0 bridgehead atoms. The molecular weight excluding hydrogens is 228 g/mol. The van der Waals surface area contributed by atoms with E-state index in [-0.39, 0.29) is 0 Å². The average Bonchev–Trinajstić information content (AvgIpc) is 2.78.